The predicted molar refractivity (Wildman–Crippen MR) is 115 cm³/mol. The van der Waals surface area contributed by atoms with E-state index in [-0.39, 0.29) is 18.3 Å². The van der Waals surface area contributed by atoms with E-state index in [0.29, 0.717) is 20.3 Å². The molecule has 3 aromatic rings. The molecule has 2 heterocycles. The maximum Gasteiger partial charge on any atom is 0.341 e. The van der Waals surface area contributed by atoms with Crippen molar-refractivity contribution in [2.24, 2.45) is 0 Å². The fourth-order valence-corrected chi connectivity index (χ4v) is 4.32. The minimum atomic E-state index is -0.479. The smallest absolute Gasteiger partial charge is 0.341 e. The lowest BCUT2D eigenvalue weighted by Crippen LogP contribution is -2.28. The first-order valence-corrected chi connectivity index (χ1v) is 10.8. The van der Waals surface area contributed by atoms with Gasteiger partial charge in [0.1, 0.15) is 10.6 Å². The summed E-state index contributed by atoms with van der Waals surface area (Å²) in [5.74, 6) is -0.735. The largest absolute Gasteiger partial charge is 0.618 e. The van der Waals surface area contributed by atoms with Crippen molar-refractivity contribution in [3.8, 4) is 11.1 Å². The van der Waals surface area contributed by atoms with Crippen LogP contribution < -0.4 is 10.0 Å². The summed E-state index contributed by atoms with van der Waals surface area (Å²) in [6.45, 7) is 3.97. The van der Waals surface area contributed by atoms with Gasteiger partial charge in [0.05, 0.1) is 12.4 Å². The van der Waals surface area contributed by atoms with Crippen LogP contribution in [0.1, 0.15) is 22.8 Å². The molecule has 6 nitrogen and oxygen atoms in total. The highest BCUT2D eigenvalue weighted by molar-refractivity contribution is 7.99. The quantitative estimate of drug-likeness (QED) is 0.263. The SMILES string of the molecule is CCOC(=O)c1c(-c2ccc(C)cc2)csc1NC(=O)CSc1cccc[n+]1[O-]. The highest BCUT2D eigenvalue weighted by Crippen LogP contribution is 2.36. The van der Waals surface area contributed by atoms with E-state index >= 15 is 0 Å². The van der Waals surface area contributed by atoms with Crippen LogP contribution in [0.25, 0.3) is 11.1 Å². The van der Waals surface area contributed by atoms with E-state index in [1.807, 2.05) is 36.6 Å². The van der Waals surface area contributed by atoms with Gasteiger partial charge in [0, 0.05) is 23.1 Å². The molecule has 0 aliphatic carbocycles. The van der Waals surface area contributed by atoms with Gasteiger partial charge in [-0.1, -0.05) is 29.8 Å². The van der Waals surface area contributed by atoms with Crippen molar-refractivity contribution in [1.82, 2.24) is 0 Å². The molecule has 0 saturated heterocycles. The maximum absolute atomic E-state index is 12.6. The number of thioether (sulfide) groups is 1. The molecule has 0 fully saturated rings. The average Bonchev–Trinajstić information content (AvgIpc) is 3.11. The number of esters is 1. The molecular formula is C21H20N2O4S2. The molecule has 2 aromatic heterocycles. The molecule has 1 N–H and O–H groups in total. The van der Waals surface area contributed by atoms with E-state index in [9.17, 15) is 14.8 Å². The Labute approximate surface area is 177 Å². The zero-order valence-corrected chi connectivity index (χ0v) is 17.6. The summed E-state index contributed by atoms with van der Waals surface area (Å²) >= 11 is 2.40. The second kappa shape index (κ2) is 9.58. The van der Waals surface area contributed by atoms with E-state index in [1.165, 1.54) is 17.5 Å². The number of ether oxygens (including phenoxy) is 1. The number of amides is 1. The lowest BCUT2D eigenvalue weighted by Gasteiger charge is -2.09. The Morgan fingerprint density at radius 1 is 1.21 bits per heavy atom. The van der Waals surface area contributed by atoms with E-state index in [0.717, 1.165) is 28.5 Å². The molecule has 8 heteroatoms. The highest BCUT2D eigenvalue weighted by Gasteiger charge is 2.23. The van der Waals surface area contributed by atoms with Crippen LogP contribution in [0.5, 0.6) is 0 Å². The Bertz CT molecular complexity index is 1020. The van der Waals surface area contributed by atoms with Crippen LogP contribution in [-0.4, -0.2) is 24.2 Å². The summed E-state index contributed by atoms with van der Waals surface area (Å²) in [6, 6.07) is 12.8. The molecule has 150 valence electrons. The molecule has 0 bridgehead atoms. The van der Waals surface area contributed by atoms with Crippen molar-refractivity contribution in [1.29, 1.82) is 0 Å². The van der Waals surface area contributed by atoms with Crippen LogP contribution in [-0.2, 0) is 9.53 Å². The second-order valence-electron chi connectivity index (χ2n) is 6.14. The van der Waals surface area contributed by atoms with Gasteiger partial charge in [0.2, 0.25) is 5.91 Å². The lowest BCUT2D eigenvalue weighted by molar-refractivity contribution is -0.645. The van der Waals surface area contributed by atoms with Crippen molar-refractivity contribution in [2.75, 3.05) is 17.7 Å². The van der Waals surface area contributed by atoms with E-state index in [4.69, 9.17) is 4.74 Å². The molecule has 0 atom stereocenters. The number of rotatable bonds is 7. The van der Waals surface area contributed by atoms with E-state index in [2.05, 4.69) is 5.32 Å². The molecule has 0 aliphatic rings. The van der Waals surface area contributed by atoms with Crippen LogP contribution in [0.2, 0.25) is 0 Å². The summed E-state index contributed by atoms with van der Waals surface area (Å²) in [7, 11) is 0. The van der Waals surface area contributed by atoms with Gasteiger partial charge in [0.15, 0.2) is 6.20 Å². The number of aryl methyl sites for hydroxylation is 1. The summed E-state index contributed by atoms with van der Waals surface area (Å²) in [5, 5.41) is 17.2. The number of benzene rings is 1. The van der Waals surface area contributed by atoms with Crippen molar-refractivity contribution in [2.45, 2.75) is 18.9 Å². The Hall–Kier alpha value is -2.84. The molecule has 0 spiro atoms. The van der Waals surface area contributed by atoms with Crippen LogP contribution in [0, 0.1) is 12.1 Å². The number of pyridine rings is 1. The van der Waals surface area contributed by atoms with E-state index in [1.54, 1.807) is 25.1 Å². The van der Waals surface area contributed by atoms with Crippen LogP contribution in [0.15, 0.2) is 59.1 Å². The number of aromatic nitrogens is 1. The number of nitrogens with zero attached hydrogens (tertiary/aromatic N) is 1. The van der Waals surface area contributed by atoms with Crippen LogP contribution in [0.4, 0.5) is 5.00 Å². The van der Waals surface area contributed by atoms with Crippen molar-refractivity contribution < 1.29 is 19.1 Å². The van der Waals surface area contributed by atoms with Gasteiger partial charge in [-0.25, -0.2) is 4.79 Å². The third-order valence-electron chi connectivity index (χ3n) is 4.03. The minimum Gasteiger partial charge on any atom is -0.618 e. The molecule has 0 aliphatic heterocycles. The third kappa shape index (κ3) is 5.16. The van der Waals surface area contributed by atoms with Crippen LogP contribution in [0.3, 0.4) is 0 Å². The molecule has 3 rings (SSSR count). The first kappa shape index (κ1) is 20.9. The third-order valence-corrected chi connectivity index (χ3v) is 5.94. The van der Waals surface area contributed by atoms with Gasteiger partial charge in [-0.15, -0.1) is 11.3 Å². The molecule has 0 radical (unpaired) electrons. The summed E-state index contributed by atoms with van der Waals surface area (Å²) in [4.78, 5) is 25.0. The molecule has 1 amide bonds. The first-order valence-electron chi connectivity index (χ1n) is 8.96. The normalized spacial score (nSPS) is 10.6. The Kier molecular flexibility index (Phi) is 6.90. The number of carbonyl (C=O) groups excluding carboxylic acids is 2. The van der Waals surface area contributed by atoms with Crippen molar-refractivity contribution >= 4 is 40.0 Å². The van der Waals surface area contributed by atoms with Gasteiger partial charge < -0.3 is 15.3 Å². The number of hydrogen-bond donors (Lipinski definition) is 1. The zero-order chi connectivity index (χ0) is 20.8. The van der Waals surface area contributed by atoms with Crippen LogP contribution >= 0.6 is 23.1 Å². The van der Waals surface area contributed by atoms with Gasteiger partial charge in [-0.2, -0.15) is 4.73 Å². The van der Waals surface area contributed by atoms with Crippen molar-refractivity contribution in [3.63, 3.8) is 0 Å². The van der Waals surface area contributed by atoms with Gasteiger partial charge in [-0.3, -0.25) is 4.79 Å². The van der Waals surface area contributed by atoms with Crippen molar-refractivity contribution in [3.05, 3.63) is 70.4 Å². The molecule has 0 saturated carbocycles. The Morgan fingerprint density at radius 3 is 2.66 bits per heavy atom. The fourth-order valence-electron chi connectivity index (χ4n) is 2.63. The van der Waals surface area contributed by atoms with Gasteiger partial charge >= 0.3 is 5.97 Å². The van der Waals surface area contributed by atoms with Gasteiger partial charge in [0.25, 0.3) is 5.03 Å². The summed E-state index contributed by atoms with van der Waals surface area (Å²) < 4.78 is 5.92. The first-order chi connectivity index (χ1) is 14.0. The number of carbonyl (C=O) groups is 2. The number of anilines is 1. The topological polar surface area (TPSA) is 82.3 Å². The Morgan fingerprint density at radius 2 is 1.97 bits per heavy atom. The monoisotopic (exact) mass is 428 g/mol. The second-order valence-corrected chi connectivity index (χ2v) is 8.02. The molecular weight excluding hydrogens is 408 g/mol. The summed E-state index contributed by atoms with van der Waals surface area (Å²) in [6.07, 6.45) is 1.38. The molecule has 0 unspecified atom stereocenters. The maximum atomic E-state index is 12.6. The highest BCUT2D eigenvalue weighted by atomic mass is 32.2. The lowest BCUT2D eigenvalue weighted by atomic mass is 10.0. The number of nitrogens with one attached hydrogen (secondary N) is 1. The summed E-state index contributed by atoms with van der Waals surface area (Å²) in [5.41, 5.74) is 3.06. The van der Waals surface area contributed by atoms with E-state index < -0.39 is 5.97 Å². The number of hydrogen-bond acceptors (Lipinski definition) is 6. The average molecular weight is 429 g/mol. The Balaban J connectivity index is 1.81. The fraction of sp³-hybridized carbons (Fsp3) is 0.190. The molecule has 1 aromatic carbocycles. The zero-order valence-electron chi connectivity index (χ0n) is 16.0. The molecule has 29 heavy (non-hydrogen) atoms. The standard InChI is InChI=1S/C21H20N2O4S2/c1-3-27-21(25)19-16(15-9-7-14(2)8-10-15)12-29-20(19)22-17(24)13-28-18-6-4-5-11-23(18)26/h4-12H,3,13H2,1-2H3,(H,22,24). The minimum absolute atomic E-state index is 0.0479. The number of thiophene rings is 1. The predicted octanol–water partition coefficient (Wildman–Crippen LogP) is 4.26. The van der Waals surface area contributed by atoms with Gasteiger partial charge in [-0.05, 0) is 37.2 Å².